The second-order valence-corrected chi connectivity index (χ2v) is 7.99. The summed E-state index contributed by atoms with van der Waals surface area (Å²) in [5.41, 5.74) is 0.212. The molecule has 5 nitrogen and oxygen atoms in total. The van der Waals surface area contributed by atoms with Crippen molar-refractivity contribution in [2.75, 3.05) is 19.3 Å². The average molecular weight is 395 g/mol. The van der Waals surface area contributed by atoms with Gasteiger partial charge in [-0.25, -0.2) is 12.8 Å². The summed E-state index contributed by atoms with van der Waals surface area (Å²) in [4.78, 5) is 12.0. The van der Waals surface area contributed by atoms with E-state index in [1.54, 1.807) is 13.8 Å². The van der Waals surface area contributed by atoms with Crippen LogP contribution < -0.4 is 5.32 Å². The molecule has 0 heterocycles. The molecule has 0 aliphatic heterocycles. The van der Waals surface area contributed by atoms with Gasteiger partial charge in [0.05, 0.1) is 11.8 Å². The van der Waals surface area contributed by atoms with Crippen molar-refractivity contribution < 1.29 is 17.6 Å². The number of sulfonamides is 1. The van der Waals surface area contributed by atoms with E-state index in [9.17, 15) is 17.6 Å². The van der Waals surface area contributed by atoms with E-state index < -0.39 is 21.7 Å². The van der Waals surface area contributed by atoms with Gasteiger partial charge in [-0.1, -0.05) is 0 Å². The molecule has 1 rings (SSSR count). The van der Waals surface area contributed by atoms with Gasteiger partial charge in [0, 0.05) is 23.6 Å². The van der Waals surface area contributed by atoms with Crippen LogP contribution in [-0.4, -0.2) is 44.0 Å². The van der Waals surface area contributed by atoms with Gasteiger partial charge in [-0.2, -0.15) is 4.31 Å². The lowest BCUT2D eigenvalue weighted by atomic mass is 10.2. The zero-order valence-corrected chi connectivity index (χ0v) is 15.2. The molecule has 0 radical (unpaired) electrons. The van der Waals surface area contributed by atoms with Crippen molar-refractivity contribution in [2.45, 2.75) is 26.3 Å². The van der Waals surface area contributed by atoms with Crippen molar-refractivity contribution in [3.8, 4) is 0 Å². The van der Waals surface area contributed by atoms with E-state index in [1.807, 2.05) is 0 Å². The van der Waals surface area contributed by atoms with E-state index >= 15 is 0 Å². The van der Waals surface area contributed by atoms with Crippen LogP contribution in [0.3, 0.4) is 0 Å². The third-order valence-electron chi connectivity index (χ3n) is 3.02. The molecule has 1 aromatic rings. The van der Waals surface area contributed by atoms with Crippen LogP contribution in [0.4, 0.5) is 4.39 Å². The average Bonchev–Trinajstić information content (AvgIpc) is 2.39. The van der Waals surface area contributed by atoms with E-state index in [4.69, 9.17) is 0 Å². The number of halogens is 2. The molecule has 0 aliphatic rings. The molecule has 22 heavy (non-hydrogen) atoms. The monoisotopic (exact) mass is 394 g/mol. The van der Waals surface area contributed by atoms with Gasteiger partial charge in [0.2, 0.25) is 10.0 Å². The van der Waals surface area contributed by atoms with E-state index in [2.05, 4.69) is 21.2 Å². The highest BCUT2D eigenvalue weighted by Crippen LogP contribution is 2.17. The fourth-order valence-corrected chi connectivity index (χ4v) is 3.66. The molecule has 0 saturated heterocycles. The highest BCUT2D eigenvalue weighted by molar-refractivity contribution is 9.10. The minimum absolute atomic E-state index is 0.136. The number of benzene rings is 1. The van der Waals surface area contributed by atoms with Crippen molar-refractivity contribution in [1.82, 2.24) is 9.62 Å². The van der Waals surface area contributed by atoms with Crippen LogP contribution in [0.25, 0.3) is 0 Å². The van der Waals surface area contributed by atoms with Gasteiger partial charge >= 0.3 is 0 Å². The van der Waals surface area contributed by atoms with Gasteiger partial charge in [0.25, 0.3) is 5.91 Å². The van der Waals surface area contributed by atoms with Gasteiger partial charge < -0.3 is 5.32 Å². The molecule has 0 bridgehead atoms. The Morgan fingerprint density at radius 2 is 2.05 bits per heavy atom. The molecule has 1 aromatic carbocycles. The molecule has 1 amide bonds. The Labute approximate surface area is 139 Å². The quantitative estimate of drug-likeness (QED) is 0.721. The molecule has 0 saturated carbocycles. The van der Waals surface area contributed by atoms with Crippen molar-refractivity contribution in [1.29, 1.82) is 0 Å². The van der Waals surface area contributed by atoms with Gasteiger partial charge in [0.15, 0.2) is 0 Å². The number of carbonyl (C=O) groups excluding carboxylic acids is 1. The lowest BCUT2D eigenvalue weighted by molar-refractivity contribution is 0.0951. The van der Waals surface area contributed by atoms with Crippen LogP contribution in [-0.2, 0) is 10.0 Å². The number of nitrogens with one attached hydrogen (secondary N) is 1. The molecule has 0 spiro atoms. The lowest BCUT2D eigenvalue weighted by Crippen LogP contribution is -2.38. The van der Waals surface area contributed by atoms with Crippen LogP contribution in [0.2, 0.25) is 0 Å². The van der Waals surface area contributed by atoms with Crippen molar-refractivity contribution in [3.05, 3.63) is 34.1 Å². The summed E-state index contributed by atoms with van der Waals surface area (Å²) in [7, 11) is -3.27. The first kappa shape index (κ1) is 19.1. The molecule has 0 aliphatic carbocycles. The van der Waals surface area contributed by atoms with Gasteiger partial charge in [0.1, 0.15) is 5.82 Å². The Kier molecular flexibility index (Phi) is 6.96. The Morgan fingerprint density at radius 3 is 2.59 bits per heavy atom. The second kappa shape index (κ2) is 8.03. The van der Waals surface area contributed by atoms with E-state index in [0.717, 1.165) is 12.3 Å². The Balaban J connectivity index is 2.54. The smallest absolute Gasteiger partial charge is 0.252 e. The second-order valence-electron chi connectivity index (χ2n) is 5.20. The maximum atomic E-state index is 13.1. The minimum Gasteiger partial charge on any atom is -0.352 e. The molecule has 0 aromatic heterocycles. The molecule has 1 N–H and O–H groups in total. The van der Waals surface area contributed by atoms with Gasteiger partial charge in [-0.3, -0.25) is 4.79 Å². The predicted octanol–water partition coefficient (Wildman–Crippen LogP) is 2.38. The summed E-state index contributed by atoms with van der Waals surface area (Å²) in [5.74, 6) is -0.891. The zero-order chi connectivity index (χ0) is 16.9. The number of carbonyl (C=O) groups is 1. The number of nitrogens with zero attached hydrogens (tertiary/aromatic N) is 1. The van der Waals surface area contributed by atoms with Crippen LogP contribution in [0.15, 0.2) is 22.7 Å². The number of rotatable bonds is 7. The Hall–Kier alpha value is -0.990. The van der Waals surface area contributed by atoms with Crippen LogP contribution >= 0.6 is 15.9 Å². The topological polar surface area (TPSA) is 66.5 Å². The van der Waals surface area contributed by atoms with Crippen LogP contribution in [0, 0.1) is 5.82 Å². The number of amides is 1. The van der Waals surface area contributed by atoms with E-state index in [-0.39, 0.29) is 11.6 Å². The molecule has 124 valence electrons. The molecular formula is C14H20BrFN2O3S. The molecule has 0 fully saturated rings. The summed E-state index contributed by atoms with van der Waals surface area (Å²) in [6.07, 6.45) is 1.64. The summed E-state index contributed by atoms with van der Waals surface area (Å²) < 4.78 is 38.2. The van der Waals surface area contributed by atoms with E-state index in [1.165, 1.54) is 16.4 Å². The van der Waals surface area contributed by atoms with E-state index in [0.29, 0.717) is 24.0 Å². The number of hydrogen-bond acceptors (Lipinski definition) is 3. The first-order valence-electron chi connectivity index (χ1n) is 6.83. The highest BCUT2D eigenvalue weighted by Gasteiger charge is 2.19. The molecule has 0 unspecified atom stereocenters. The first-order valence-corrected chi connectivity index (χ1v) is 9.47. The Morgan fingerprint density at radius 1 is 1.41 bits per heavy atom. The lowest BCUT2D eigenvalue weighted by Gasteiger charge is -2.23. The SMILES string of the molecule is CC(C)N(CCCNC(=O)c1cc(F)ccc1Br)S(C)(=O)=O. The largest absolute Gasteiger partial charge is 0.352 e. The minimum atomic E-state index is -3.27. The maximum absolute atomic E-state index is 13.1. The predicted molar refractivity (Wildman–Crippen MR) is 87.7 cm³/mol. The first-order chi connectivity index (χ1) is 10.1. The third kappa shape index (κ3) is 5.66. The standard InChI is InChI=1S/C14H20BrFN2O3S/c1-10(2)18(22(3,20)21)8-4-7-17-14(19)12-9-11(16)5-6-13(12)15/h5-6,9-10H,4,7-8H2,1-3H3,(H,17,19). The molecule has 8 heteroatoms. The zero-order valence-electron chi connectivity index (χ0n) is 12.8. The molecule has 0 atom stereocenters. The fraction of sp³-hybridized carbons (Fsp3) is 0.500. The summed E-state index contributed by atoms with van der Waals surface area (Å²) in [5, 5.41) is 2.66. The van der Waals surface area contributed by atoms with Crippen molar-refractivity contribution >= 4 is 31.9 Å². The third-order valence-corrected chi connectivity index (χ3v) is 5.16. The highest BCUT2D eigenvalue weighted by atomic mass is 79.9. The summed E-state index contributed by atoms with van der Waals surface area (Å²) in [6.45, 7) is 4.22. The van der Waals surface area contributed by atoms with Gasteiger partial charge in [-0.05, 0) is 54.4 Å². The Bertz CT molecular complexity index is 635. The fourth-order valence-electron chi connectivity index (χ4n) is 2.01. The normalized spacial score (nSPS) is 12.0. The van der Waals surface area contributed by atoms with Gasteiger partial charge in [-0.15, -0.1) is 0 Å². The van der Waals surface area contributed by atoms with Crippen LogP contribution in [0.5, 0.6) is 0 Å². The maximum Gasteiger partial charge on any atom is 0.252 e. The molecular weight excluding hydrogens is 375 g/mol. The summed E-state index contributed by atoms with van der Waals surface area (Å²) in [6, 6.07) is 3.74. The number of hydrogen-bond donors (Lipinski definition) is 1. The van der Waals surface area contributed by atoms with Crippen molar-refractivity contribution in [3.63, 3.8) is 0 Å². The summed E-state index contributed by atoms with van der Waals surface area (Å²) >= 11 is 3.19. The van der Waals surface area contributed by atoms with Crippen molar-refractivity contribution in [2.24, 2.45) is 0 Å². The van der Waals surface area contributed by atoms with Crippen LogP contribution in [0.1, 0.15) is 30.6 Å².